The normalized spacial score (nSPS) is 18.8. The zero-order chi connectivity index (χ0) is 30.8. The fourth-order valence-corrected chi connectivity index (χ4v) is 7.01. The molecule has 4 amide bonds. The van der Waals surface area contributed by atoms with E-state index in [2.05, 4.69) is 36.6 Å². The van der Waals surface area contributed by atoms with Crippen LogP contribution in [0.5, 0.6) is 0 Å². The number of hydrogen-bond donors (Lipinski definition) is 4. The van der Waals surface area contributed by atoms with Gasteiger partial charge in [-0.1, -0.05) is 61.9 Å². The minimum atomic E-state index is -0.863. The number of para-hydroxylation sites is 1. The Bertz CT molecular complexity index is 1700. The van der Waals surface area contributed by atoms with Crippen molar-refractivity contribution in [2.45, 2.75) is 70.6 Å². The number of H-pyrrole nitrogens is 1. The Morgan fingerprint density at radius 3 is 2.75 bits per heavy atom. The molecular formula is C31H34N8O4S. The van der Waals surface area contributed by atoms with Gasteiger partial charge >= 0.3 is 0 Å². The Morgan fingerprint density at radius 2 is 1.95 bits per heavy atom. The van der Waals surface area contributed by atoms with Gasteiger partial charge in [-0.25, -0.2) is 0 Å². The smallest absolute Gasteiger partial charge is 0.250 e. The van der Waals surface area contributed by atoms with Gasteiger partial charge in [0, 0.05) is 11.1 Å². The van der Waals surface area contributed by atoms with E-state index in [1.54, 1.807) is 11.3 Å². The molecule has 4 aromatic rings. The van der Waals surface area contributed by atoms with Crippen molar-refractivity contribution in [2.75, 3.05) is 4.90 Å². The number of nitrogens with one attached hydrogen (secondary N) is 4. The van der Waals surface area contributed by atoms with Crippen molar-refractivity contribution in [2.24, 2.45) is 5.92 Å². The monoisotopic (exact) mass is 614 g/mol. The van der Waals surface area contributed by atoms with E-state index in [1.165, 1.54) is 4.90 Å². The summed E-state index contributed by atoms with van der Waals surface area (Å²) in [6.07, 6.45) is 2.09. The highest BCUT2D eigenvalue weighted by atomic mass is 32.1. The van der Waals surface area contributed by atoms with Crippen LogP contribution in [-0.4, -0.2) is 62.4 Å². The number of fused-ring (bicyclic) bond motifs is 1. The summed E-state index contributed by atoms with van der Waals surface area (Å²) in [4.78, 5) is 55.9. The molecule has 4 atom stereocenters. The summed E-state index contributed by atoms with van der Waals surface area (Å²) in [7, 11) is 0. The molecule has 0 saturated carbocycles. The second-order valence-electron chi connectivity index (χ2n) is 11.4. The molecule has 0 fully saturated rings. The Morgan fingerprint density at radius 1 is 1.14 bits per heavy atom. The lowest BCUT2D eigenvalue weighted by molar-refractivity contribution is -0.133. The first-order chi connectivity index (χ1) is 21.3. The number of carbonyl (C=O) groups is 4. The molecule has 2 aromatic heterocycles. The molecule has 0 saturated heterocycles. The molecule has 4 N–H and O–H groups in total. The van der Waals surface area contributed by atoms with E-state index in [0.717, 1.165) is 32.5 Å². The Kier molecular flexibility index (Phi) is 8.38. The number of carbonyl (C=O) groups excluding carboxylic acids is 4. The van der Waals surface area contributed by atoms with Crippen LogP contribution in [0.2, 0.25) is 0 Å². The Balaban J connectivity index is 1.18. The van der Waals surface area contributed by atoms with Gasteiger partial charge in [0.15, 0.2) is 5.82 Å². The van der Waals surface area contributed by atoms with Gasteiger partial charge in [-0.2, -0.15) is 5.21 Å². The molecule has 13 heteroatoms. The highest BCUT2D eigenvalue weighted by Crippen LogP contribution is 2.39. The van der Waals surface area contributed by atoms with E-state index < -0.39 is 24.0 Å². The molecule has 2 aliphatic heterocycles. The van der Waals surface area contributed by atoms with Crippen molar-refractivity contribution in [3.05, 3.63) is 70.4 Å². The summed E-state index contributed by atoms with van der Waals surface area (Å²) in [6.45, 7) is 3.93. The first-order valence-electron chi connectivity index (χ1n) is 14.8. The molecule has 0 bridgehead atoms. The number of nitrogens with zero attached hydrogens (tertiary/aromatic N) is 4. The summed E-state index contributed by atoms with van der Waals surface area (Å²) in [5.74, 6) is -1.20. The number of anilines is 1. The number of benzene rings is 2. The van der Waals surface area contributed by atoms with Crippen molar-refractivity contribution in [3.8, 4) is 0 Å². The first kappa shape index (κ1) is 29.4. The highest BCUT2D eigenvalue weighted by molar-refractivity contribution is 7.17. The van der Waals surface area contributed by atoms with Crippen LogP contribution in [0, 0.1) is 5.92 Å². The fraction of sp³-hybridized carbons (Fsp3) is 0.387. The van der Waals surface area contributed by atoms with Crippen molar-refractivity contribution >= 4 is 50.7 Å². The molecule has 2 aromatic carbocycles. The van der Waals surface area contributed by atoms with Crippen molar-refractivity contribution in [3.63, 3.8) is 0 Å². The lowest BCUT2D eigenvalue weighted by atomic mass is 9.96. The van der Waals surface area contributed by atoms with Gasteiger partial charge in [0.1, 0.15) is 18.1 Å². The maximum Gasteiger partial charge on any atom is 0.250 e. The molecule has 12 nitrogen and oxygen atoms in total. The summed E-state index contributed by atoms with van der Waals surface area (Å²) >= 11 is 1.58. The second-order valence-corrected chi connectivity index (χ2v) is 12.3. The standard InChI is InChI=1S/C31H34N8O4S/c1-3-17(2)27(34-26(40)14-20-16-44-24-10-5-4-9-21(20)24)30(42)33-22-12-11-18-7-6-8-19-13-23(39(28(18)19)31(22)43)29(41)32-15-25-35-37-38-36-25/h4-10,16-17,22-23,27H,3,11-15H2,1-2H3,(H,32,41)(H,33,42)(H,34,40)(H,35,36,37,38)/t17-,22-,23?,27-/m0/s1. The van der Waals surface area contributed by atoms with Gasteiger partial charge < -0.3 is 16.0 Å². The van der Waals surface area contributed by atoms with Crippen LogP contribution in [0.4, 0.5) is 5.69 Å². The van der Waals surface area contributed by atoms with Gasteiger partial charge in [-0.15, -0.1) is 21.5 Å². The molecule has 44 heavy (non-hydrogen) atoms. The fourth-order valence-electron chi connectivity index (χ4n) is 6.05. The summed E-state index contributed by atoms with van der Waals surface area (Å²) in [5, 5.41) is 25.3. The lowest BCUT2D eigenvalue weighted by Crippen LogP contribution is -2.58. The van der Waals surface area contributed by atoms with Crippen LogP contribution in [0.15, 0.2) is 47.8 Å². The molecule has 228 valence electrons. The number of aryl methyl sites for hydroxylation is 1. The maximum atomic E-state index is 14.1. The van der Waals surface area contributed by atoms with Crippen LogP contribution in [0.3, 0.4) is 0 Å². The van der Waals surface area contributed by atoms with E-state index in [0.29, 0.717) is 31.5 Å². The number of hydrogen-bond acceptors (Lipinski definition) is 8. The van der Waals surface area contributed by atoms with Crippen LogP contribution < -0.4 is 20.9 Å². The summed E-state index contributed by atoms with van der Waals surface area (Å²) in [5.41, 5.74) is 3.52. The van der Waals surface area contributed by atoms with Crippen LogP contribution in [0.1, 0.15) is 49.2 Å². The predicted molar refractivity (Wildman–Crippen MR) is 165 cm³/mol. The predicted octanol–water partition coefficient (Wildman–Crippen LogP) is 2.19. The number of thiophene rings is 1. The second kappa shape index (κ2) is 12.5. The van der Waals surface area contributed by atoms with Crippen LogP contribution in [-0.2, 0) is 45.0 Å². The third kappa shape index (κ3) is 5.79. The lowest BCUT2D eigenvalue weighted by Gasteiger charge is -2.29. The zero-order valence-electron chi connectivity index (χ0n) is 24.5. The number of amides is 4. The Labute approximate surface area is 258 Å². The molecule has 0 aliphatic carbocycles. The van der Waals surface area contributed by atoms with E-state index in [-0.39, 0.29) is 36.6 Å². The van der Waals surface area contributed by atoms with Gasteiger partial charge in [0.2, 0.25) is 23.6 Å². The molecule has 0 radical (unpaired) electrons. The molecule has 4 heterocycles. The number of aromatic amines is 1. The van der Waals surface area contributed by atoms with Crippen molar-refractivity contribution < 1.29 is 19.2 Å². The summed E-state index contributed by atoms with van der Waals surface area (Å²) < 4.78 is 1.10. The largest absolute Gasteiger partial charge is 0.347 e. The SMILES string of the molecule is CC[C@H](C)[C@H](NC(=O)Cc1csc2ccccc12)C(=O)N[C@H]1CCc2cccc3c2N(C1=O)C(C(=O)NCc1nn[nH]n1)C3. The van der Waals surface area contributed by atoms with Crippen LogP contribution >= 0.6 is 11.3 Å². The molecule has 6 rings (SSSR count). The highest BCUT2D eigenvalue weighted by Gasteiger charge is 2.44. The third-order valence-electron chi connectivity index (χ3n) is 8.56. The zero-order valence-corrected chi connectivity index (χ0v) is 25.3. The minimum Gasteiger partial charge on any atom is -0.347 e. The average Bonchev–Trinajstić information content (AvgIpc) is 3.77. The van der Waals surface area contributed by atoms with E-state index in [9.17, 15) is 19.2 Å². The Hall–Kier alpha value is -4.65. The van der Waals surface area contributed by atoms with Crippen LogP contribution in [0.25, 0.3) is 10.1 Å². The minimum absolute atomic E-state index is 0.0642. The average molecular weight is 615 g/mol. The van der Waals surface area contributed by atoms with Crippen molar-refractivity contribution in [1.82, 2.24) is 36.6 Å². The first-order valence-corrected chi connectivity index (χ1v) is 15.7. The molecule has 1 unspecified atom stereocenters. The van der Waals surface area contributed by atoms with Gasteiger partial charge in [0.05, 0.1) is 18.7 Å². The van der Waals surface area contributed by atoms with Crippen molar-refractivity contribution in [1.29, 1.82) is 0 Å². The van der Waals surface area contributed by atoms with Gasteiger partial charge in [-0.3, -0.25) is 24.1 Å². The molecule has 0 spiro atoms. The molecular weight excluding hydrogens is 580 g/mol. The van der Waals surface area contributed by atoms with E-state index >= 15 is 0 Å². The van der Waals surface area contributed by atoms with E-state index in [4.69, 9.17) is 0 Å². The topological polar surface area (TPSA) is 162 Å². The van der Waals surface area contributed by atoms with E-state index in [1.807, 2.05) is 61.7 Å². The third-order valence-corrected chi connectivity index (χ3v) is 9.57. The quantitative estimate of drug-likeness (QED) is 0.213. The number of rotatable bonds is 10. The number of aromatic nitrogens is 4. The molecule has 2 aliphatic rings. The summed E-state index contributed by atoms with van der Waals surface area (Å²) in [6, 6.07) is 11.3. The van der Waals surface area contributed by atoms with Gasteiger partial charge in [-0.05, 0) is 52.3 Å². The van der Waals surface area contributed by atoms with Gasteiger partial charge in [0.25, 0.3) is 0 Å². The maximum absolute atomic E-state index is 14.1. The number of tetrazole rings is 1.